The predicted octanol–water partition coefficient (Wildman–Crippen LogP) is 2.22. The summed E-state index contributed by atoms with van der Waals surface area (Å²) in [6, 6.07) is 8.01. The van der Waals surface area contributed by atoms with Crippen molar-refractivity contribution in [1.82, 2.24) is 9.97 Å². The molecule has 5 nitrogen and oxygen atoms in total. The number of ether oxygens (including phenoxy) is 1. The van der Waals surface area contributed by atoms with E-state index in [0.717, 1.165) is 41.8 Å². The highest BCUT2D eigenvalue weighted by atomic mass is 16.5. The number of rotatable bonds is 2. The van der Waals surface area contributed by atoms with Gasteiger partial charge in [-0.05, 0) is 37.0 Å². The fraction of sp³-hybridized carbons (Fsp3) is 0.250. The third-order valence-electron chi connectivity index (χ3n) is 3.72. The van der Waals surface area contributed by atoms with E-state index in [9.17, 15) is 0 Å². The molecular weight excluding hydrogens is 264 g/mol. The Morgan fingerprint density at radius 3 is 2.57 bits per heavy atom. The molecule has 0 unspecified atom stereocenters. The number of hydrogen-bond donors (Lipinski definition) is 2. The first kappa shape index (κ1) is 13.4. The van der Waals surface area contributed by atoms with Crippen LogP contribution in [-0.4, -0.2) is 17.1 Å². The zero-order chi connectivity index (χ0) is 14.8. The third kappa shape index (κ3) is 2.81. The lowest BCUT2D eigenvalue weighted by Crippen LogP contribution is -2.14. The van der Waals surface area contributed by atoms with Gasteiger partial charge in [-0.2, -0.15) is 4.98 Å². The average molecular weight is 282 g/mol. The monoisotopic (exact) mass is 282 g/mol. The number of aryl methyl sites for hydroxylation is 1. The van der Waals surface area contributed by atoms with Crippen LogP contribution in [0, 0.1) is 0 Å². The van der Waals surface area contributed by atoms with E-state index in [-0.39, 0.29) is 5.95 Å². The Labute approximate surface area is 123 Å². The van der Waals surface area contributed by atoms with E-state index in [4.69, 9.17) is 16.2 Å². The maximum absolute atomic E-state index is 5.96. The maximum atomic E-state index is 5.96. The van der Waals surface area contributed by atoms with Gasteiger partial charge in [-0.1, -0.05) is 23.8 Å². The molecule has 0 radical (unpaired) electrons. The molecule has 0 saturated heterocycles. The van der Waals surface area contributed by atoms with Gasteiger partial charge in [0.1, 0.15) is 11.6 Å². The van der Waals surface area contributed by atoms with Crippen LogP contribution in [0.5, 0.6) is 5.75 Å². The first-order chi connectivity index (χ1) is 10.2. The van der Waals surface area contributed by atoms with Gasteiger partial charge in [0.05, 0.1) is 12.8 Å². The molecule has 1 aliphatic rings. The molecule has 1 heterocycles. The highest BCUT2D eigenvalue weighted by Crippen LogP contribution is 2.29. The first-order valence-electron chi connectivity index (χ1n) is 6.90. The van der Waals surface area contributed by atoms with Crippen LogP contribution in [0.3, 0.4) is 0 Å². The molecule has 1 aromatic heterocycles. The molecule has 0 fully saturated rings. The predicted molar refractivity (Wildman–Crippen MR) is 83.9 cm³/mol. The summed E-state index contributed by atoms with van der Waals surface area (Å²) in [5, 5.41) is 0. The van der Waals surface area contributed by atoms with Crippen molar-refractivity contribution in [2.24, 2.45) is 0 Å². The molecule has 2 aromatic rings. The van der Waals surface area contributed by atoms with Crippen LogP contribution in [-0.2, 0) is 12.8 Å². The Morgan fingerprint density at radius 1 is 1.10 bits per heavy atom. The van der Waals surface area contributed by atoms with Gasteiger partial charge >= 0.3 is 0 Å². The van der Waals surface area contributed by atoms with Crippen molar-refractivity contribution in [2.45, 2.75) is 19.3 Å². The minimum absolute atomic E-state index is 0.258. The zero-order valence-corrected chi connectivity index (χ0v) is 12.0. The lowest BCUT2D eigenvalue weighted by atomic mass is 9.90. The van der Waals surface area contributed by atoms with E-state index in [2.05, 4.69) is 16.0 Å². The highest BCUT2D eigenvalue weighted by Gasteiger charge is 2.18. The van der Waals surface area contributed by atoms with Crippen molar-refractivity contribution in [3.8, 4) is 5.75 Å². The Bertz CT molecular complexity index is 692. The molecule has 0 amide bonds. The number of allylic oxidation sites excluding steroid dienone is 1. The molecule has 1 aromatic carbocycles. The van der Waals surface area contributed by atoms with Gasteiger partial charge in [-0.3, -0.25) is 0 Å². The van der Waals surface area contributed by atoms with Crippen molar-refractivity contribution < 1.29 is 4.74 Å². The summed E-state index contributed by atoms with van der Waals surface area (Å²) < 4.78 is 5.17. The standard InChI is InChI=1S/C16H18N4O/c1-21-12-5-2-10(3-6-12)8-11-4-7-14-13(9-11)15(17)20-16(18)19-14/h2-3,5-6,8H,4,7,9H2,1H3,(H4,17,18,19,20)/b11-8+. The van der Waals surface area contributed by atoms with Crippen LogP contribution in [0.1, 0.15) is 23.2 Å². The number of nitrogens with two attached hydrogens (primary N) is 2. The van der Waals surface area contributed by atoms with E-state index in [1.807, 2.05) is 24.3 Å². The van der Waals surface area contributed by atoms with Crippen LogP contribution < -0.4 is 16.2 Å². The average Bonchev–Trinajstić information content (AvgIpc) is 2.48. The van der Waals surface area contributed by atoms with Gasteiger partial charge in [0, 0.05) is 5.56 Å². The molecule has 0 aliphatic heterocycles. The molecule has 0 saturated carbocycles. The number of nitrogens with zero attached hydrogens (tertiary/aromatic N) is 2. The van der Waals surface area contributed by atoms with Gasteiger partial charge in [0.2, 0.25) is 5.95 Å². The van der Waals surface area contributed by atoms with Gasteiger partial charge in [0.15, 0.2) is 0 Å². The van der Waals surface area contributed by atoms with E-state index in [0.29, 0.717) is 5.82 Å². The van der Waals surface area contributed by atoms with Crippen molar-refractivity contribution in [1.29, 1.82) is 0 Å². The largest absolute Gasteiger partial charge is 0.497 e. The van der Waals surface area contributed by atoms with Crippen molar-refractivity contribution in [3.63, 3.8) is 0 Å². The highest BCUT2D eigenvalue weighted by molar-refractivity contribution is 5.58. The first-order valence-corrected chi connectivity index (χ1v) is 6.90. The second-order valence-corrected chi connectivity index (χ2v) is 5.14. The number of methoxy groups -OCH3 is 1. The van der Waals surface area contributed by atoms with Crippen molar-refractivity contribution in [2.75, 3.05) is 18.6 Å². The van der Waals surface area contributed by atoms with Crippen LogP contribution in [0.2, 0.25) is 0 Å². The Balaban J connectivity index is 1.86. The fourth-order valence-electron chi connectivity index (χ4n) is 2.62. The van der Waals surface area contributed by atoms with Crippen LogP contribution in [0.4, 0.5) is 11.8 Å². The van der Waals surface area contributed by atoms with Crippen molar-refractivity contribution in [3.05, 3.63) is 46.7 Å². The van der Waals surface area contributed by atoms with E-state index in [1.165, 1.54) is 5.57 Å². The Hall–Kier alpha value is -2.56. The Morgan fingerprint density at radius 2 is 1.86 bits per heavy atom. The normalized spacial score (nSPS) is 15.8. The van der Waals surface area contributed by atoms with Gasteiger partial charge in [-0.15, -0.1) is 0 Å². The number of aromatic nitrogens is 2. The Kier molecular flexibility index (Phi) is 3.48. The van der Waals surface area contributed by atoms with E-state index >= 15 is 0 Å². The molecule has 108 valence electrons. The van der Waals surface area contributed by atoms with Gasteiger partial charge in [-0.25, -0.2) is 4.98 Å². The van der Waals surface area contributed by atoms with Crippen LogP contribution >= 0.6 is 0 Å². The summed E-state index contributed by atoms with van der Waals surface area (Å²) in [7, 11) is 1.67. The van der Waals surface area contributed by atoms with Crippen LogP contribution in [0.25, 0.3) is 6.08 Å². The molecule has 4 N–H and O–H groups in total. The SMILES string of the molecule is COc1ccc(/C=C2\CCc3nc(N)nc(N)c3C2)cc1. The van der Waals surface area contributed by atoms with Gasteiger partial charge < -0.3 is 16.2 Å². The minimum Gasteiger partial charge on any atom is -0.497 e. The summed E-state index contributed by atoms with van der Waals surface area (Å²) in [6.45, 7) is 0. The minimum atomic E-state index is 0.258. The molecule has 21 heavy (non-hydrogen) atoms. The molecule has 5 heteroatoms. The van der Waals surface area contributed by atoms with Crippen molar-refractivity contribution >= 4 is 17.8 Å². The number of benzene rings is 1. The molecule has 0 bridgehead atoms. The number of fused-ring (bicyclic) bond motifs is 1. The quantitative estimate of drug-likeness (QED) is 0.882. The topological polar surface area (TPSA) is 87.0 Å². The fourth-order valence-corrected chi connectivity index (χ4v) is 2.62. The second kappa shape index (κ2) is 5.44. The van der Waals surface area contributed by atoms with Gasteiger partial charge in [0.25, 0.3) is 0 Å². The molecule has 0 atom stereocenters. The second-order valence-electron chi connectivity index (χ2n) is 5.14. The summed E-state index contributed by atoms with van der Waals surface area (Å²) in [6.07, 6.45) is 4.80. The number of nitrogen functional groups attached to an aromatic ring is 2. The van der Waals surface area contributed by atoms with E-state index in [1.54, 1.807) is 7.11 Å². The summed E-state index contributed by atoms with van der Waals surface area (Å²) >= 11 is 0. The number of hydrogen-bond acceptors (Lipinski definition) is 5. The lowest BCUT2D eigenvalue weighted by Gasteiger charge is -2.19. The molecule has 3 rings (SSSR count). The summed E-state index contributed by atoms with van der Waals surface area (Å²) in [4.78, 5) is 8.33. The summed E-state index contributed by atoms with van der Waals surface area (Å²) in [5.74, 6) is 1.62. The molecular formula is C16H18N4O. The molecule has 0 spiro atoms. The third-order valence-corrected chi connectivity index (χ3v) is 3.72. The smallest absolute Gasteiger partial charge is 0.222 e. The number of anilines is 2. The lowest BCUT2D eigenvalue weighted by molar-refractivity contribution is 0.415. The van der Waals surface area contributed by atoms with Crippen LogP contribution in [0.15, 0.2) is 29.8 Å². The zero-order valence-electron chi connectivity index (χ0n) is 12.0. The molecule has 1 aliphatic carbocycles. The van der Waals surface area contributed by atoms with E-state index < -0.39 is 0 Å². The summed E-state index contributed by atoms with van der Waals surface area (Å²) in [5.41, 5.74) is 16.1. The maximum Gasteiger partial charge on any atom is 0.222 e.